The maximum atomic E-state index is 12.2. The number of aromatic nitrogens is 2. The number of nitrogens with one attached hydrogen (secondary N) is 3. The minimum Gasteiger partial charge on any atom is -0.486 e. The summed E-state index contributed by atoms with van der Waals surface area (Å²) in [5.41, 5.74) is 6.62. The standard InChI is InChI=1S/C24H23N5O4/c30-23(22-11-10-21(33-22)17-32-20-8-2-1-3-9-20)27-28-24(31)25-15-18-6-4-7-19(14-18)16-29-13-5-12-26-29/h1-14H,15-17H2,(H,27,30)(H2,25,28,31). The predicted octanol–water partition coefficient (Wildman–Crippen LogP) is 3.25. The lowest BCUT2D eigenvalue weighted by Crippen LogP contribution is -2.46. The fourth-order valence-electron chi connectivity index (χ4n) is 3.07. The molecule has 0 saturated heterocycles. The molecule has 9 nitrogen and oxygen atoms in total. The fourth-order valence-corrected chi connectivity index (χ4v) is 3.07. The second-order valence-corrected chi connectivity index (χ2v) is 7.15. The summed E-state index contributed by atoms with van der Waals surface area (Å²) in [6.07, 6.45) is 3.62. The highest BCUT2D eigenvalue weighted by Gasteiger charge is 2.12. The lowest BCUT2D eigenvalue weighted by molar-refractivity contribution is 0.0904. The van der Waals surface area contributed by atoms with Crippen LogP contribution in [0.25, 0.3) is 0 Å². The molecule has 3 N–H and O–H groups in total. The van der Waals surface area contributed by atoms with Crippen LogP contribution in [0.2, 0.25) is 0 Å². The largest absolute Gasteiger partial charge is 0.486 e. The number of ether oxygens (including phenoxy) is 1. The number of rotatable bonds is 8. The van der Waals surface area contributed by atoms with Crippen LogP contribution in [0.4, 0.5) is 4.79 Å². The molecule has 3 amide bonds. The molecule has 0 saturated carbocycles. The summed E-state index contributed by atoms with van der Waals surface area (Å²) >= 11 is 0. The third kappa shape index (κ3) is 6.47. The summed E-state index contributed by atoms with van der Waals surface area (Å²) in [5, 5.41) is 6.89. The zero-order valence-electron chi connectivity index (χ0n) is 17.7. The van der Waals surface area contributed by atoms with Crippen molar-refractivity contribution >= 4 is 11.9 Å². The smallest absolute Gasteiger partial charge is 0.333 e. The van der Waals surface area contributed by atoms with Crippen LogP contribution in [-0.2, 0) is 19.7 Å². The molecule has 0 aliphatic rings. The minimum absolute atomic E-state index is 0.0632. The number of hydrazine groups is 1. The molecule has 0 unspecified atom stereocenters. The van der Waals surface area contributed by atoms with Crippen LogP contribution in [0.15, 0.2) is 89.6 Å². The molecule has 0 aliphatic carbocycles. The van der Waals surface area contributed by atoms with Gasteiger partial charge >= 0.3 is 11.9 Å². The van der Waals surface area contributed by atoms with Crippen molar-refractivity contribution in [2.75, 3.05) is 0 Å². The Balaban J connectivity index is 1.20. The number of furan rings is 1. The van der Waals surface area contributed by atoms with E-state index >= 15 is 0 Å². The Bertz CT molecular complexity index is 1190. The predicted molar refractivity (Wildman–Crippen MR) is 120 cm³/mol. The summed E-state index contributed by atoms with van der Waals surface area (Å²) < 4.78 is 12.9. The van der Waals surface area contributed by atoms with Crippen LogP contribution in [0.3, 0.4) is 0 Å². The lowest BCUT2D eigenvalue weighted by atomic mass is 10.1. The Labute approximate surface area is 190 Å². The van der Waals surface area contributed by atoms with Gasteiger partial charge in [0.15, 0.2) is 5.76 Å². The molecule has 9 heteroatoms. The Morgan fingerprint density at radius 3 is 2.61 bits per heavy atom. The number of urea groups is 1. The Kier molecular flexibility index (Phi) is 7.01. The van der Waals surface area contributed by atoms with Crippen molar-refractivity contribution in [3.8, 4) is 5.75 Å². The second kappa shape index (κ2) is 10.7. The quantitative estimate of drug-likeness (QED) is 0.361. The van der Waals surface area contributed by atoms with Crippen molar-refractivity contribution in [3.63, 3.8) is 0 Å². The first kappa shape index (κ1) is 21.7. The van der Waals surface area contributed by atoms with E-state index in [1.807, 2.05) is 71.5 Å². The van der Waals surface area contributed by atoms with Crippen LogP contribution >= 0.6 is 0 Å². The molecule has 0 spiro atoms. The first-order chi connectivity index (χ1) is 16.2. The minimum atomic E-state index is -0.572. The van der Waals surface area contributed by atoms with E-state index in [0.29, 0.717) is 24.6 Å². The van der Waals surface area contributed by atoms with E-state index < -0.39 is 11.9 Å². The van der Waals surface area contributed by atoms with Crippen LogP contribution in [0.5, 0.6) is 5.75 Å². The topological polar surface area (TPSA) is 110 Å². The van der Waals surface area contributed by atoms with Gasteiger partial charge in [0.2, 0.25) is 0 Å². The van der Waals surface area contributed by atoms with Gasteiger partial charge in [-0.25, -0.2) is 10.2 Å². The molecule has 0 fully saturated rings. The molecule has 168 valence electrons. The van der Waals surface area contributed by atoms with Crippen LogP contribution < -0.4 is 20.9 Å². The van der Waals surface area contributed by atoms with E-state index in [1.165, 1.54) is 6.07 Å². The SMILES string of the molecule is O=C(NCc1cccc(Cn2cccn2)c1)NNC(=O)c1ccc(COc2ccccc2)o1. The lowest BCUT2D eigenvalue weighted by Gasteiger charge is -2.09. The first-order valence-electron chi connectivity index (χ1n) is 10.3. The monoisotopic (exact) mass is 445 g/mol. The van der Waals surface area contributed by atoms with E-state index in [4.69, 9.17) is 9.15 Å². The highest BCUT2D eigenvalue weighted by Crippen LogP contribution is 2.14. The summed E-state index contributed by atoms with van der Waals surface area (Å²) in [5.74, 6) is 0.680. The van der Waals surface area contributed by atoms with Crippen LogP contribution in [-0.4, -0.2) is 21.7 Å². The molecule has 4 aromatic rings. The fraction of sp³-hybridized carbons (Fsp3) is 0.125. The van der Waals surface area contributed by atoms with Gasteiger partial charge in [-0.15, -0.1) is 0 Å². The van der Waals surface area contributed by atoms with Crippen molar-refractivity contribution < 1.29 is 18.7 Å². The van der Waals surface area contributed by atoms with Gasteiger partial charge in [-0.05, 0) is 41.5 Å². The van der Waals surface area contributed by atoms with Crippen LogP contribution in [0.1, 0.15) is 27.4 Å². The normalized spacial score (nSPS) is 10.4. The zero-order valence-corrected chi connectivity index (χ0v) is 17.7. The average Bonchev–Trinajstić information content (AvgIpc) is 3.53. The van der Waals surface area contributed by atoms with Crippen molar-refractivity contribution in [2.24, 2.45) is 0 Å². The maximum Gasteiger partial charge on any atom is 0.333 e. The van der Waals surface area contributed by atoms with E-state index in [2.05, 4.69) is 21.3 Å². The second-order valence-electron chi connectivity index (χ2n) is 7.15. The summed E-state index contributed by atoms with van der Waals surface area (Å²) in [4.78, 5) is 24.3. The number of nitrogens with zero attached hydrogens (tertiary/aromatic N) is 2. The molecular formula is C24H23N5O4. The molecule has 0 radical (unpaired) electrons. The molecule has 2 aromatic carbocycles. The van der Waals surface area contributed by atoms with Gasteiger partial charge in [-0.2, -0.15) is 5.10 Å². The van der Waals surface area contributed by atoms with Gasteiger partial charge in [-0.3, -0.25) is 14.9 Å². The molecule has 0 atom stereocenters. The Morgan fingerprint density at radius 2 is 1.79 bits per heavy atom. The van der Waals surface area contributed by atoms with Crippen molar-refractivity contribution in [1.82, 2.24) is 25.9 Å². The van der Waals surface area contributed by atoms with Gasteiger partial charge in [0, 0.05) is 18.9 Å². The number of hydrogen-bond donors (Lipinski definition) is 3. The highest BCUT2D eigenvalue weighted by atomic mass is 16.5. The maximum absolute atomic E-state index is 12.2. The third-order valence-electron chi connectivity index (χ3n) is 4.65. The number of hydrogen-bond acceptors (Lipinski definition) is 5. The number of para-hydroxylation sites is 1. The molecule has 2 aromatic heterocycles. The molecule has 0 aliphatic heterocycles. The summed E-state index contributed by atoms with van der Waals surface area (Å²) in [6.45, 7) is 1.13. The number of carbonyl (C=O) groups excluding carboxylic acids is 2. The van der Waals surface area contributed by atoms with Crippen LogP contribution in [0, 0.1) is 0 Å². The number of carbonyl (C=O) groups is 2. The molecule has 4 rings (SSSR count). The van der Waals surface area contributed by atoms with E-state index in [-0.39, 0.29) is 12.4 Å². The summed E-state index contributed by atoms with van der Waals surface area (Å²) in [6, 6.07) is 21.6. The van der Waals surface area contributed by atoms with E-state index in [1.54, 1.807) is 12.3 Å². The van der Waals surface area contributed by atoms with Gasteiger partial charge in [0.25, 0.3) is 0 Å². The molecule has 0 bridgehead atoms. The van der Waals surface area contributed by atoms with Crippen molar-refractivity contribution in [3.05, 3.63) is 108 Å². The van der Waals surface area contributed by atoms with Crippen molar-refractivity contribution in [2.45, 2.75) is 19.7 Å². The summed E-state index contributed by atoms with van der Waals surface area (Å²) in [7, 11) is 0. The molecule has 2 heterocycles. The average molecular weight is 445 g/mol. The zero-order chi connectivity index (χ0) is 22.9. The highest BCUT2D eigenvalue weighted by molar-refractivity contribution is 5.92. The third-order valence-corrected chi connectivity index (χ3v) is 4.65. The molecule has 33 heavy (non-hydrogen) atoms. The molecular weight excluding hydrogens is 422 g/mol. The first-order valence-corrected chi connectivity index (χ1v) is 10.3. The number of benzene rings is 2. The van der Waals surface area contributed by atoms with Gasteiger partial charge in [0.05, 0.1) is 6.54 Å². The Morgan fingerprint density at radius 1 is 0.939 bits per heavy atom. The van der Waals surface area contributed by atoms with E-state index in [9.17, 15) is 9.59 Å². The van der Waals surface area contributed by atoms with Gasteiger partial charge in [-0.1, -0.05) is 42.5 Å². The number of amides is 3. The van der Waals surface area contributed by atoms with Crippen molar-refractivity contribution in [1.29, 1.82) is 0 Å². The van der Waals surface area contributed by atoms with Gasteiger partial charge < -0.3 is 14.5 Å². The van der Waals surface area contributed by atoms with Gasteiger partial charge in [0.1, 0.15) is 18.1 Å². The Hall–Kier alpha value is -4.53. The van der Waals surface area contributed by atoms with E-state index in [0.717, 1.165) is 11.1 Å².